The van der Waals surface area contributed by atoms with Gasteiger partial charge >= 0.3 is 0 Å². The largest absolute Gasteiger partial charge is 0.269 e. The molecule has 1 aliphatic carbocycles. The van der Waals surface area contributed by atoms with Crippen molar-refractivity contribution >= 4 is 11.4 Å². The molecule has 0 radical (unpaired) electrons. The van der Waals surface area contributed by atoms with Crippen LogP contribution in [0.25, 0.3) is 11.1 Å². The summed E-state index contributed by atoms with van der Waals surface area (Å²) in [5.41, 5.74) is 5.26. The van der Waals surface area contributed by atoms with E-state index in [4.69, 9.17) is 5.11 Å². The van der Waals surface area contributed by atoms with Crippen molar-refractivity contribution in [2.75, 3.05) is 0 Å². The Labute approximate surface area is 173 Å². The molecule has 0 heterocycles. The summed E-state index contributed by atoms with van der Waals surface area (Å²) in [6.07, 6.45) is 0. The van der Waals surface area contributed by atoms with Crippen LogP contribution in [0.3, 0.4) is 0 Å². The molecular formula is C25H17N3O2. The minimum absolute atomic E-state index is 0.0308. The third-order valence-electron chi connectivity index (χ3n) is 5.49. The van der Waals surface area contributed by atoms with Gasteiger partial charge in [0.2, 0.25) is 0 Å². The molecule has 1 aliphatic rings. The number of nitro groups is 1. The zero-order valence-electron chi connectivity index (χ0n) is 16.0. The molecule has 0 N–H and O–H groups in total. The van der Waals surface area contributed by atoms with Crippen LogP contribution in [0.15, 0.2) is 113 Å². The molecule has 0 aliphatic heterocycles. The van der Waals surface area contributed by atoms with Gasteiger partial charge < -0.3 is 0 Å². The lowest BCUT2D eigenvalue weighted by Gasteiger charge is -2.27. The second-order valence-electron chi connectivity index (χ2n) is 7.14. The van der Waals surface area contributed by atoms with E-state index in [1.54, 1.807) is 12.1 Å². The number of hydrogen-bond acceptors (Lipinski definition) is 4. The molecular weight excluding hydrogens is 374 g/mol. The van der Waals surface area contributed by atoms with Gasteiger partial charge in [-0.05, 0) is 39.9 Å². The third-order valence-corrected chi connectivity index (χ3v) is 5.49. The highest BCUT2D eigenvalue weighted by molar-refractivity contribution is 5.83. The van der Waals surface area contributed by atoms with Crippen LogP contribution in [0.4, 0.5) is 11.4 Å². The number of hydrogen-bond donors (Lipinski definition) is 0. The van der Waals surface area contributed by atoms with Crippen LogP contribution in [-0.4, -0.2) is 4.92 Å². The number of nitrogens with zero attached hydrogens (tertiary/aromatic N) is 3. The van der Waals surface area contributed by atoms with E-state index in [0.29, 0.717) is 5.69 Å². The van der Waals surface area contributed by atoms with Crippen LogP contribution >= 0.6 is 0 Å². The first kappa shape index (κ1) is 17.9. The van der Waals surface area contributed by atoms with E-state index in [1.807, 2.05) is 42.5 Å². The van der Waals surface area contributed by atoms with Crippen LogP contribution in [0.5, 0.6) is 0 Å². The van der Waals surface area contributed by atoms with Crippen molar-refractivity contribution < 1.29 is 4.92 Å². The molecule has 0 saturated carbocycles. The average Bonchev–Trinajstić information content (AvgIpc) is 3.09. The monoisotopic (exact) mass is 391 g/mol. The van der Waals surface area contributed by atoms with Gasteiger partial charge in [-0.1, -0.05) is 78.9 Å². The first-order valence-electron chi connectivity index (χ1n) is 9.62. The van der Waals surface area contributed by atoms with Crippen molar-refractivity contribution in [1.29, 1.82) is 0 Å². The molecule has 5 nitrogen and oxygen atoms in total. The fourth-order valence-corrected chi connectivity index (χ4v) is 4.14. The standard InChI is InChI=1S/C25H17N3O2/c29-28(30)20-16-14-19(15-17-20)26-27-25(18-8-2-1-3-9-18)23-12-6-4-10-21(23)22-11-5-7-13-24(22)25/h1-17H. The predicted molar refractivity (Wildman–Crippen MR) is 116 cm³/mol. The Kier molecular flexibility index (Phi) is 4.21. The minimum atomic E-state index is -0.782. The second-order valence-corrected chi connectivity index (χ2v) is 7.14. The lowest BCUT2D eigenvalue weighted by Crippen LogP contribution is -2.23. The molecule has 144 valence electrons. The van der Waals surface area contributed by atoms with Gasteiger partial charge in [-0.15, -0.1) is 0 Å². The zero-order chi connectivity index (χ0) is 20.6. The molecule has 5 heteroatoms. The maximum atomic E-state index is 10.9. The molecule has 0 bridgehead atoms. The van der Waals surface area contributed by atoms with E-state index in [-0.39, 0.29) is 5.69 Å². The smallest absolute Gasteiger partial charge is 0.258 e. The van der Waals surface area contributed by atoms with Gasteiger partial charge in [-0.3, -0.25) is 10.1 Å². The quantitative estimate of drug-likeness (QED) is 0.222. The van der Waals surface area contributed by atoms with Crippen molar-refractivity contribution in [1.82, 2.24) is 0 Å². The van der Waals surface area contributed by atoms with Gasteiger partial charge in [0.05, 0.1) is 10.6 Å². The first-order chi connectivity index (χ1) is 14.7. The molecule has 0 saturated heterocycles. The minimum Gasteiger partial charge on any atom is -0.258 e. The fraction of sp³-hybridized carbons (Fsp3) is 0.0400. The van der Waals surface area contributed by atoms with Gasteiger partial charge in [-0.2, -0.15) is 10.2 Å². The fourth-order valence-electron chi connectivity index (χ4n) is 4.14. The van der Waals surface area contributed by atoms with E-state index >= 15 is 0 Å². The first-order valence-corrected chi connectivity index (χ1v) is 9.62. The maximum Gasteiger partial charge on any atom is 0.269 e. The normalized spacial score (nSPS) is 13.7. The number of nitro benzene ring substituents is 1. The number of azo groups is 1. The van der Waals surface area contributed by atoms with Crippen LogP contribution in [0.2, 0.25) is 0 Å². The Morgan fingerprint density at radius 1 is 0.667 bits per heavy atom. The van der Waals surface area contributed by atoms with Gasteiger partial charge in [0.15, 0.2) is 5.54 Å². The Bertz CT molecular complexity index is 1220. The summed E-state index contributed by atoms with van der Waals surface area (Å²) < 4.78 is 0. The lowest BCUT2D eigenvalue weighted by molar-refractivity contribution is -0.384. The van der Waals surface area contributed by atoms with E-state index < -0.39 is 10.5 Å². The molecule has 0 spiro atoms. The summed E-state index contributed by atoms with van der Waals surface area (Å²) in [6, 6.07) is 32.8. The van der Waals surface area contributed by atoms with E-state index in [2.05, 4.69) is 41.5 Å². The van der Waals surface area contributed by atoms with Crippen molar-refractivity contribution in [3.63, 3.8) is 0 Å². The van der Waals surface area contributed by atoms with Gasteiger partial charge in [-0.25, -0.2) is 0 Å². The Morgan fingerprint density at radius 3 is 1.77 bits per heavy atom. The molecule has 5 rings (SSSR count). The molecule has 0 aromatic heterocycles. The number of non-ortho nitro benzene ring substituents is 1. The van der Waals surface area contributed by atoms with Crippen molar-refractivity contribution in [3.8, 4) is 11.1 Å². The molecule has 0 fully saturated rings. The van der Waals surface area contributed by atoms with Crippen LogP contribution in [0, 0.1) is 10.1 Å². The summed E-state index contributed by atoms with van der Waals surface area (Å²) >= 11 is 0. The van der Waals surface area contributed by atoms with Crippen molar-refractivity contribution in [2.24, 2.45) is 10.2 Å². The molecule has 0 unspecified atom stereocenters. The Balaban J connectivity index is 1.73. The number of rotatable bonds is 4. The SMILES string of the molecule is O=[N+]([O-])c1ccc(N=NC2(c3ccccc3)c3ccccc3-c3ccccc32)cc1. The Morgan fingerprint density at radius 2 is 1.20 bits per heavy atom. The molecule has 4 aromatic rings. The van der Waals surface area contributed by atoms with Crippen molar-refractivity contribution in [3.05, 3.63) is 130 Å². The predicted octanol–water partition coefficient (Wildman–Crippen LogP) is 6.65. The highest BCUT2D eigenvalue weighted by Gasteiger charge is 2.45. The second kappa shape index (κ2) is 7.04. The summed E-state index contributed by atoms with van der Waals surface area (Å²) in [4.78, 5) is 10.5. The molecule has 4 aromatic carbocycles. The third kappa shape index (κ3) is 2.71. The lowest BCUT2D eigenvalue weighted by atomic mass is 9.81. The summed E-state index contributed by atoms with van der Waals surface area (Å²) in [6.45, 7) is 0. The maximum absolute atomic E-state index is 10.9. The summed E-state index contributed by atoms with van der Waals surface area (Å²) in [5.74, 6) is 0. The number of fused-ring (bicyclic) bond motifs is 3. The van der Waals surface area contributed by atoms with Crippen LogP contribution in [0.1, 0.15) is 16.7 Å². The zero-order valence-corrected chi connectivity index (χ0v) is 16.0. The topological polar surface area (TPSA) is 67.9 Å². The van der Waals surface area contributed by atoms with Crippen molar-refractivity contribution in [2.45, 2.75) is 5.54 Å². The molecule has 0 atom stereocenters. The molecule has 0 amide bonds. The average molecular weight is 391 g/mol. The van der Waals surface area contributed by atoms with E-state index in [0.717, 1.165) is 27.8 Å². The Hall–Kier alpha value is -4.12. The highest BCUT2D eigenvalue weighted by Crippen LogP contribution is 2.53. The van der Waals surface area contributed by atoms with Gasteiger partial charge in [0.1, 0.15) is 0 Å². The van der Waals surface area contributed by atoms with Crippen LogP contribution < -0.4 is 0 Å². The number of benzene rings is 4. The van der Waals surface area contributed by atoms with Gasteiger partial charge in [0, 0.05) is 12.1 Å². The van der Waals surface area contributed by atoms with E-state index in [9.17, 15) is 10.1 Å². The highest BCUT2D eigenvalue weighted by atomic mass is 16.6. The van der Waals surface area contributed by atoms with E-state index in [1.165, 1.54) is 12.1 Å². The summed E-state index contributed by atoms with van der Waals surface area (Å²) in [5, 5.41) is 20.4. The molecule has 30 heavy (non-hydrogen) atoms. The van der Waals surface area contributed by atoms with Crippen LogP contribution in [-0.2, 0) is 5.54 Å². The summed E-state index contributed by atoms with van der Waals surface area (Å²) in [7, 11) is 0. The van der Waals surface area contributed by atoms with Gasteiger partial charge in [0.25, 0.3) is 5.69 Å².